The van der Waals surface area contributed by atoms with Gasteiger partial charge in [0.25, 0.3) is 0 Å². The molecule has 2 aromatic carbocycles. The largest absolute Gasteiger partial charge is 0.508 e. The lowest BCUT2D eigenvalue weighted by molar-refractivity contribution is -0.142. The van der Waals surface area contributed by atoms with Crippen molar-refractivity contribution in [2.75, 3.05) is 47.6 Å². The molecule has 0 saturated carbocycles. The van der Waals surface area contributed by atoms with Gasteiger partial charge >= 0.3 is 5.97 Å². The highest BCUT2D eigenvalue weighted by Gasteiger charge is 2.44. The molecule has 4 saturated heterocycles. The number of aromatic hydroxyl groups is 2. The van der Waals surface area contributed by atoms with Crippen LogP contribution in [0.25, 0.3) is 0 Å². The van der Waals surface area contributed by atoms with E-state index in [9.17, 15) is 68.4 Å². The fourth-order valence-electron chi connectivity index (χ4n) is 10.0. The fraction of sp³-hybridized carbons (Fsp3) is 0.564. The summed E-state index contributed by atoms with van der Waals surface area (Å²) in [4.78, 5) is 172. The maximum absolute atomic E-state index is 15.9. The van der Waals surface area contributed by atoms with Crippen molar-refractivity contribution < 1.29 is 78.0 Å². The highest BCUT2D eigenvalue weighted by atomic mass is 33.1. The zero-order valence-corrected chi connectivity index (χ0v) is 52.3. The van der Waals surface area contributed by atoms with Gasteiger partial charge in [-0.2, -0.15) is 0 Å². The van der Waals surface area contributed by atoms with Gasteiger partial charge in [-0.05, 0) is 88.3 Å². The van der Waals surface area contributed by atoms with Crippen molar-refractivity contribution >= 4 is 135 Å². The molecule has 4 heterocycles. The number of carbonyl (C=O) groups is 12. The highest BCUT2D eigenvalue weighted by molar-refractivity contribution is 8.77. The Balaban J connectivity index is 1.58. The standard InChI is InChI=1S/C55H73N9O16S6/c1-27-49(74)41-24-84-85-25-42-51(76)45(70)26-86-82-22-39(61-38(19-46(56)71)55(80)64-16-4-5-43(64)53(78)58-27)34(50(75)37(18-31-8-12-33(68)13-9-31)63-52(77)35(59-42)14-15-47(72)73)21-81-83-23-40(44(69)20-57-54(79)48(62-41)29(3)66)60-36(28(2)65)17-30-6-10-32(67)11-7-30/h6-13,27,29,34-43,48,59-62,66-68H,4-5,14-26H2,1-3H3,(H2,56,71)(H,57,79)(H,58,78)(H,63,77)(H,72,73)/t27?,29-,34?,35+,36+,37+,38+,39?,40?,41?,42?,43+,48+/m1/s1. The van der Waals surface area contributed by atoms with Gasteiger partial charge in [0.2, 0.25) is 41.1 Å². The quantitative estimate of drug-likeness (QED) is 0.0900. The van der Waals surface area contributed by atoms with Gasteiger partial charge in [0.1, 0.15) is 29.4 Å². The Morgan fingerprint density at radius 1 is 0.733 bits per heavy atom. The average molecular weight is 1310 g/mol. The van der Waals surface area contributed by atoms with Gasteiger partial charge in [0.15, 0.2) is 17.3 Å². The summed E-state index contributed by atoms with van der Waals surface area (Å²) in [5, 5.41) is 61.6. The van der Waals surface area contributed by atoms with E-state index in [1.807, 2.05) is 0 Å². The molecule has 470 valence electrons. The molecule has 5 amide bonds. The van der Waals surface area contributed by atoms with Crippen LogP contribution in [0.1, 0.15) is 64.0 Å². The molecule has 6 rings (SSSR count). The summed E-state index contributed by atoms with van der Waals surface area (Å²) in [6.45, 7) is 3.32. The summed E-state index contributed by atoms with van der Waals surface area (Å²) in [5.41, 5.74) is 6.92. The van der Waals surface area contributed by atoms with Crippen LogP contribution in [0.15, 0.2) is 48.5 Å². The SMILES string of the molecule is CC(=O)[C@H](Cc1ccc(O)cc1)NC1CSSCC2C(=O)[C@H](Cc3ccc(O)cc3)NC(=O)[C@H](CCC(=O)O)NC3CSSCC(N[C@@H]([C@@H](C)O)C(=O)NCC1=O)C(=O)C(C)NC(=O)[C@@H]1CCCN1C(=O)[C@H](CC(N)=O)NC2CSSCC(=O)C3=O. The molecule has 31 heteroatoms. The molecule has 86 heavy (non-hydrogen) atoms. The van der Waals surface area contributed by atoms with Crippen LogP contribution in [-0.4, -0.2) is 216 Å². The second kappa shape index (κ2) is 33.9. The Morgan fingerprint density at radius 3 is 2.00 bits per heavy atom. The number of benzene rings is 2. The highest BCUT2D eigenvalue weighted by Crippen LogP contribution is 2.33. The van der Waals surface area contributed by atoms with Crippen LogP contribution in [-0.2, 0) is 70.4 Å². The Bertz CT molecular complexity index is 2810. The van der Waals surface area contributed by atoms with Gasteiger partial charge in [-0.1, -0.05) is 89.0 Å². The number of hydrogen-bond acceptors (Lipinski definition) is 25. The van der Waals surface area contributed by atoms with Gasteiger partial charge in [-0.15, -0.1) is 0 Å². The average Bonchev–Trinajstić information content (AvgIpc) is 4.12. The number of nitrogens with one attached hydrogen (secondary N) is 7. The van der Waals surface area contributed by atoms with Crippen molar-refractivity contribution in [3.63, 3.8) is 0 Å². The van der Waals surface area contributed by atoms with Crippen LogP contribution < -0.4 is 43.0 Å². The number of aliphatic carboxylic acids is 1. The Morgan fingerprint density at radius 2 is 1.36 bits per heavy atom. The van der Waals surface area contributed by atoms with Crippen LogP contribution in [0.5, 0.6) is 11.5 Å². The van der Waals surface area contributed by atoms with E-state index in [0.29, 0.717) is 17.5 Å². The molecule has 13 N–H and O–H groups in total. The second-order valence-corrected chi connectivity index (χ2v) is 28.9. The minimum atomic E-state index is -1.60. The molecule has 4 aliphatic rings. The molecule has 6 unspecified atom stereocenters. The zero-order valence-electron chi connectivity index (χ0n) is 47.4. The third-order valence-electron chi connectivity index (χ3n) is 14.8. The molecular weight excluding hydrogens is 1240 g/mol. The first-order valence-electron chi connectivity index (χ1n) is 27.8. The Hall–Kier alpha value is -5.22. The van der Waals surface area contributed by atoms with E-state index in [0.717, 1.165) is 64.8 Å². The minimum Gasteiger partial charge on any atom is -0.508 e. The first-order valence-corrected chi connectivity index (χ1v) is 35.2. The van der Waals surface area contributed by atoms with Crippen LogP contribution in [0.4, 0.5) is 0 Å². The normalized spacial score (nSPS) is 28.7. The van der Waals surface area contributed by atoms with Gasteiger partial charge in [0.05, 0.1) is 73.2 Å². The van der Waals surface area contributed by atoms with Gasteiger partial charge in [0, 0.05) is 53.7 Å². The number of primary amides is 1. The van der Waals surface area contributed by atoms with Crippen molar-refractivity contribution in [2.24, 2.45) is 11.7 Å². The minimum absolute atomic E-state index is 0.0197. The molecule has 13 atom stereocenters. The van der Waals surface area contributed by atoms with E-state index < -0.39 is 174 Å². The summed E-state index contributed by atoms with van der Waals surface area (Å²) >= 11 is 0. The van der Waals surface area contributed by atoms with Crippen LogP contribution in [0.2, 0.25) is 0 Å². The predicted octanol–water partition coefficient (Wildman–Crippen LogP) is -0.356. The smallest absolute Gasteiger partial charge is 0.303 e. The van der Waals surface area contributed by atoms with Gasteiger partial charge in [-0.25, -0.2) is 0 Å². The monoisotopic (exact) mass is 1310 g/mol. The van der Waals surface area contributed by atoms with Crippen molar-refractivity contribution in [2.45, 2.75) is 138 Å². The zero-order chi connectivity index (χ0) is 62.8. The van der Waals surface area contributed by atoms with Gasteiger partial charge in [-0.3, -0.25) is 73.5 Å². The first-order chi connectivity index (χ1) is 40.9. The Kier molecular flexibility index (Phi) is 27.6. The third kappa shape index (κ3) is 20.7. The number of phenolic OH excluding ortho intramolecular Hbond substituents is 2. The summed E-state index contributed by atoms with van der Waals surface area (Å²) < 4.78 is 0. The lowest BCUT2D eigenvalue weighted by Gasteiger charge is -2.35. The molecule has 0 spiro atoms. The summed E-state index contributed by atoms with van der Waals surface area (Å²) in [6, 6.07) is -3.12. The van der Waals surface area contributed by atoms with Crippen molar-refractivity contribution in [1.82, 2.24) is 42.1 Å². The second-order valence-electron chi connectivity index (χ2n) is 21.3. The first kappa shape index (κ1) is 69.9. The molecule has 0 aliphatic carbocycles. The number of nitrogens with zero attached hydrogens (tertiary/aromatic N) is 1. The molecular formula is C55H73N9O16S6. The maximum Gasteiger partial charge on any atom is 0.303 e. The number of amides is 5. The van der Waals surface area contributed by atoms with E-state index >= 15 is 9.59 Å². The van der Waals surface area contributed by atoms with Crippen LogP contribution >= 0.6 is 64.8 Å². The topological polar surface area (TPSA) is 399 Å². The van der Waals surface area contributed by atoms with Gasteiger partial charge < -0.3 is 52.3 Å². The number of nitrogens with two attached hydrogens (primary N) is 1. The number of ketones is 6. The number of carboxylic acid groups (broad SMARTS) is 1. The summed E-state index contributed by atoms with van der Waals surface area (Å²) in [5.74, 6) is -12.8. The predicted molar refractivity (Wildman–Crippen MR) is 330 cm³/mol. The molecule has 3 bridgehead atoms. The lowest BCUT2D eigenvalue weighted by Crippen LogP contribution is -2.61. The molecule has 2 aromatic rings. The number of hydrogen-bond donors (Lipinski definition) is 12. The Labute approximate surface area is 520 Å². The maximum atomic E-state index is 15.9. The number of fused-ring (bicyclic) bond motifs is 12. The number of rotatable bonds is 13. The van der Waals surface area contributed by atoms with E-state index in [1.54, 1.807) is 12.1 Å². The van der Waals surface area contributed by atoms with E-state index in [2.05, 4.69) is 37.2 Å². The summed E-state index contributed by atoms with van der Waals surface area (Å²) in [6.07, 6.45) is -2.98. The number of Topliss-reactive ketones (excluding diaryl/α,β-unsaturated/α-hetero) is 6. The van der Waals surface area contributed by atoms with E-state index in [-0.39, 0.29) is 71.9 Å². The van der Waals surface area contributed by atoms with Crippen LogP contribution in [0.3, 0.4) is 0 Å². The third-order valence-corrected chi connectivity index (χ3v) is 22.0. The van der Waals surface area contributed by atoms with E-state index in [4.69, 9.17) is 5.73 Å². The van der Waals surface area contributed by atoms with Crippen molar-refractivity contribution in [3.05, 3.63) is 59.7 Å². The van der Waals surface area contributed by atoms with Crippen molar-refractivity contribution in [1.29, 1.82) is 0 Å². The number of aliphatic hydroxyl groups excluding tert-OH is 1. The number of aliphatic hydroxyl groups is 1. The fourth-order valence-corrected chi connectivity index (χ4v) is 17.2. The number of phenols is 2. The molecule has 4 fully saturated rings. The van der Waals surface area contributed by atoms with E-state index in [1.165, 1.54) is 62.1 Å². The molecule has 0 aromatic heterocycles. The van der Waals surface area contributed by atoms with Crippen LogP contribution in [0, 0.1) is 5.92 Å². The number of carboxylic acids is 1. The summed E-state index contributed by atoms with van der Waals surface area (Å²) in [7, 11) is 6.07. The van der Waals surface area contributed by atoms with Crippen molar-refractivity contribution in [3.8, 4) is 11.5 Å². The number of carbonyl (C=O) groups excluding carboxylic acids is 11. The molecule has 0 radical (unpaired) electrons. The molecule has 25 nitrogen and oxygen atoms in total. The lowest BCUT2D eigenvalue weighted by atomic mass is 9.89. The molecule has 4 aliphatic heterocycles.